The Morgan fingerprint density at radius 3 is 1.07 bits per heavy atom. The van der Waals surface area contributed by atoms with Crippen molar-refractivity contribution in [2.45, 2.75) is 83.1 Å². The molecule has 1 aliphatic carbocycles. The van der Waals surface area contributed by atoms with Gasteiger partial charge in [-0.2, -0.15) is 0 Å². The molecular weight excluding hydrogens is 496 g/mol. The molecule has 0 fully saturated rings. The lowest BCUT2D eigenvalue weighted by atomic mass is 9.82. The van der Waals surface area contributed by atoms with Crippen molar-refractivity contribution < 1.29 is 15.0 Å². The highest BCUT2D eigenvalue weighted by Crippen LogP contribution is 2.43. The topological polar surface area (TPSA) is 64.0 Å². The average molecular weight is 547 g/mol. The number of aliphatic hydroxyl groups excluding tert-OH is 2. The van der Waals surface area contributed by atoms with Gasteiger partial charge in [-0.1, -0.05) is 83.1 Å². The maximum Gasteiger partial charge on any atom is 0.231 e. The molecule has 0 amide bonds. The van der Waals surface area contributed by atoms with Crippen LogP contribution in [0, 0.1) is 21.7 Å². The van der Waals surface area contributed by atoms with Crippen LogP contribution in [-0.2, 0) is 4.79 Å². The largest absolute Gasteiger partial charge is 0.506 e. The van der Waals surface area contributed by atoms with E-state index in [0.717, 1.165) is 33.9 Å². The molecule has 0 spiro atoms. The quantitative estimate of drug-likeness (QED) is 0.363. The first kappa shape index (κ1) is 31.3. The number of rotatable bonds is 2. The zero-order valence-corrected chi connectivity index (χ0v) is 27.2. The van der Waals surface area contributed by atoms with Gasteiger partial charge in [-0.3, -0.25) is 4.79 Å². The lowest BCUT2D eigenvalue weighted by Gasteiger charge is -2.41. The fourth-order valence-electron chi connectivity index (χ4n) is 5.63. The van der Waals surface area contributed by atoms with Crippen LogP contribution in [0.25, 0.3) is 0 Å². The molecule has 0 aromatic carbocycles. The molecule has 40 heavy (non-hydrogen) atoms. The Bertz CT molecular complexity index is 1290. The van der Waals surface area contributed by atoms with Gasteiger partial charge in [0.1, 0.15) is 5.76 Å². The third-order valence-electron chi connectivity index (χ3n) is 7.58. The summed E-state index contributed by atoms with van der Waals surface area (Å²) in [5.74, 6) is -1.20. The van der Waals surface area contributed by atoms with Crippen LogP contribution in [0.15, 0.2) is 93.1 Å². The lowest BCUT2D eigenvalue weighted by molar-refractivity contribution is -0.114. The third-order valence-corrected chi connectivity index (χ3v) is 7.58. The smallest absolute Gasteiger partial charge is 0.231 e. The van der Waals surface area contributed by atoms with Gasteiger partial charge in [0, 0.05) is 58.5 Å². The molecule has 2 heterocycles. The van der Waals surface area contributed by atoms with E-state index in [2.05, 4.69) is 131 Å². The van der Waals surface area contributed by atoms with E-state index < -0.39 is 11.5 Å². The molecule has 0 bridgehead atoms. The van der Waals surface area contributed by atoms with Gasteiger partial charge in [0.25, 0.3) is 0 Å². The monoisotopic (exact) mass is 546 g/mol. The number of nitrogens with zero attached hydrogens (tertiary/aromatic N) is 2. The van der Waals surface area contributed by atoms with Gasteiger partial charge in [-0.25, -0.2) is 0 Å². The standard InChI is InChI=1S/C35H50N2O3/c1-32(2,3)25-17-21(18-26(36(25)13)33(4,5)6)15-23-29(38)24(31(40)30(23)39)16-22-19-27(34(7,8)9)37(14)28(20-22)35(10,11)12/h15-20,38H,1-14H3,(H,39,40). The number of hydrogen-bond donors (Lipinski definition) is 2. The van der Waals surface area contributed by atoms with E-state index in [1.807, 2.05) is 0 Å². The molecule has 218 valence electrons. The summed E-state index contributed by atoms with van der Waals surface area (Å²) in [5.41, 5.74) is 5.83. The van der Waals surface area contributed by atoms with Crippen molar-refractivity contribution in [2.75, 3.05) is 14.1 Å². The maximum atomic E-state index is 13.3. The molecule has 0 radical (unpaired) electrons. The Morgan fingerprint density at radius 2 is 0.800 bits per heavy atom. The summed E-state index contributed by atoms with van der Waals surface area (Å²) in [6.45, 7) is 25.9. The molecule has 3 aliphatic rings. The van der Waals surface area contributed by atoms with Gasteiger partial charge in [-0.15, -0.1) is 0 Å². The Balaban J connectivity index is 2.19. The molecule has 2 N–H and O–H groups in total. The third kappa shape index (κ3) is 6.09. The van der Waals surface area contributed by atoms with Gasteiger partial charge in [0.15, 0.2) is 5.76 Å². The first-order valence-electron chi connectivity index (χ1n) is 14.2. The van der Waals surface area contributed by atoms with Gasteiger partial charge in [-0.05, 0) is 47.6 Å². The average Bonchev–Trinajstić information content (AvgIpc) is 2.96. The van der Waals surface area contributed by atoms with E-state index in [-0.39, 0.29) is 38.6 Å². The number of carbonyl (C=O) groups is 1. The van der Waals surface area contributed by atoms with Crippen LogP contribution >= 0.6 is 0 Å². The first-order valence-corrected chi connectivity index (χ1v) is 14.2. The lowest BCUT2D eigenvalue weighted by Crippen LogP contribution is -2.34. The van der Waals surface area contributed by atoms with E-state index in [0.29, 0.717) is 0 Å². The Labute approximate surface area is 242 Å². The zero-order chi connectivity index (χ0) is 30.7. The molecule has 0 saturated heterocycles. The highest BCUT2D eigenvalue weighted by Gasteiger charge is 2.35. The second-order valence-electron chi connectivity index (χ2n) is 15.4. The molecule has 0 saturated carbocycles. The summed E-state index contributed by atoms with van der Waals surface area (Å²) in [6.07, 6.45) is 11.7. The molecular formula is C35H50N2O3. The maximum absolute atomic E-state index is 13.3. The normalized spacial score (nSPS) is 19.7. The first-order chi connectivity index (χ1) is 17.9. The number of hydrogen-bond acceptors (Lipinski definition) is 5. The van der Waals surface area contributed by atoms with Crippen LogP contribution < -0.4 is 0 Å². The van der Waals surface area contributed by atoms with Crippen molar-refractivity contribution in [3.63, 3.8) is 0 Å². The van der Waals surface area contributed by atoms with E-state index in [1.54, 1.807) is 12.2 Å². The molecule has 5 nitrogen and oxygen atoms in total. The minimum Gasteiger partial charge on any atom is -0.506 e. The number of aliphatic hydroxyl groups is 2. The van der Waals surface area contributed by atoms with Crippen LogP contribution in [0.2, 0.25) is 0 Å². The highest BCUT2D eigenvalue weighted by molar-refractivity contribution is 6.13. The summed E-state index contributed by atoms with van der Waals surface area (Å²) in [4.78, 5) is 17.7. The molecule has 2 aliphatic heterocycles. The Morgan fingerprint density at radius 1 is 0.525 bits per heavy atom. The minimum absolute atomic E-state index is 0.103. The fourth-order valence-corrected chi connectivity index (χ4v) is 5.63. The molecule has 3 rings (SSSR count). The highest BCUT2D eigenvalue weighted by atomic mass is 16.3. The Hall–Kier alpha value is -3.21. The van der Waals surface area contributed by atoms with Crippen molar-refractivity contribution in [2.24, 2.45) is 21.7 Å². The number of Topliss-reactive ketones (excluding diaryl/α,β-unsaturated/α-hetero) is 1. The van der Waals surface area contributed by atoms with E-state index in [1.165, 1.54) is 0 Å². The number of ketones is 1. The summed E-state index contributed by atoms with van der Waals surface area (Å²) < 4.78 is 0. The second kappa shape index (κ2) is 10.0. The van der Waals surface area contributed by atoms with Crippen LogP contribution in [0.5, 0.6) is 0 Å². The van der Waals surface area contributed by atoms with E-state index >= 15 is 0 Å². The van der Waals surface area contributed by atoms with Crippen molar-refractivity contribution in [1.29, 1.82) is 0 Å². The summed E-state index contributed by atoms with van der Waals surface area (Å²) >= 11 is 0. The number of allylic oxidation sites excluding steroid dienone is 13. The van der Waals surface area contributed by atoms with Crippen molar-refractivity contribution >= 4 is 5.78 Å². The summed E-state index contributed by atoms with van der Waals surface area (Å²) in [7, 11) is 4.14. The van der Waals surface area contributed by atoms with E-state index in [4.69, 9.17) is 0 Å². The second-order valence-corrected chi connectivity index (χ2v) is 15.4. The van der Waals surface area contributed by atoms with Crippen molar-refractivity contribution in [1.82, 2.24) is 9.80 Å². The van der Waals surface area contributed by atoms with Crippen LogP contribution in [0.4, 0.5) is 0 Å². The van der Waals surface area contributed by atoms with Crippen molar-refractivity contribution in [3.05, 3.63) is 93.1 Å². The SMILES string of the molecule is CN1C(C(C)(C)C)=CC(=CC2=C(O)C(C=C3C=C(C(C)(C)C)N(C)C(C(C)(C)C)=C3)=C(O)C2=O)C=C1C(C)(C)C. The predicted molar refractivity (Wildman–Crippen MR) is 166 cm³/mol. The van der Waals surface area contributed by atoms with Gasteiger partial charge in [0.05, 0.1) is 11.1 Å². The van der Waals surface area contributed by atoms with E-state index in [9.17, 15) is 15.0 Å². The van der Waals surface area contributed by atoms with Crippen molar-refractivity contribution in [3.8, 4) is 0 Å². The zero-order valence-electron chi connectivity index (χ0n) is 27.2. The molecule has 0 aromatic heterocycles. The molecule has 0 atom stereocenters. The van der Waals surface area contributed by atoms with Gasteiger partial charge < -0.3 is 20.0 Å². The van der Waals surface area contributed by atoms with Crippen LogP contribution in [0.3, 0.4) is 0 Å². The molecule has 5 heteroatoms. The number of carbonyl (C=O) groups excluding carboxylic acids is 1. The molecule has 0 aromatic rings. The Kier molecular flexibility index (Phi) is 7.84. The van der Waals surface area contributed by atoms with Gasteiger partial charge in [0.2, 0.25) is 5.78 Å². The van der Waals surface area contributed by atoms with Gasteiger partial charge >= 0.3 is 0 Å². The summed E-state index contributed by atoms with van der Waals surface area (Å²) in [5, 5.41) is 22.2. The fraction of sp³-hybridized carbons (Fsp3) is 0.514. The van der Waals surface area contributed by atoms with Crippen LogP contribution in [0.1, 0.15) is 83.1 Å². The van der Waals surface area contributed by atoms with Crippen LogP contribution in [-0.4, -0.2) is 39.9 Å². The summed E-state index contributed by atoms with van der Waals surface area (Å²) in [6, 6.07) is 0. The molecule has 0 unspecified atom stereocenters. The predicted octanol–water partition coefficient (Wildman–Crippen LogP) is 8.66. The minimum atomic E-state index is -0.569.